The lowest BCUT2D eigenvalue weighted by Crippen LogP contribution is -2.37. The van der Waals surface area contributed by atoms with Gasteiger partial charge in [-0.15, -0.1) is 0 Å². The summed E-state index contributed by atoms with van der Waals surface area (Å²) in [6.45, 7) is 0.859. The van der Waals surface area contributed by atoms with Gasteiger partial charge in [-0.05, 0) is 11.5 Å². The van der Waals surface area contributed by atoms with Gasteiger partial charge in [-0.2, -0.15) is 13.2 Å². The molecular formula is C16H19F3N2O2. The van der Waals surface area contributed by atoms with Gasteiger partial charge in [0.05, 0.1) is 5.92 Å². The average Bonchev–Trinajstić information content (AvgIpc) is 2.84. The van der Waals surface area contributed by atoms with Gasteiger partial charge in [0.25, 0.3) is 0 Å². The molecule has 0 bridgehead atoms. The summed E-state index contributed by atoms with van der Waals surface area (Å²) in [6, 6.07) is 9.59. The molecular weight excluding hydrogens is 309 g/mol. The lowest BCUT2D eigenvalue weighted by molar-refractivity contribution is -0.157. The Hall–Kier alpha value is -2.05. The highest BCUT2D eigenvalue weighted by atomic mass is 19.4. The third kappa shape index (κ3) is 4.97. The molecule has 1 aromatic carbocycles. The van der Waals surface area contributed by atoms with Crippen molar-refractivity contribution in [1.29, 1.82) is 0 Å². The van der Waals surface area contributed by atoms with E-state index in [1.165, 1.54) is 0 Å². The first-order chi connectivity index (χ1) is 10.8. The summed E-state index contributed by atoms with van der Waals surface area (Å²) in [7, 11) is 0. The van der Waals surface area contributed by atoms with Crippen molar-refractivity contribution in [2.75, 3.05) is 19.6 Å². The summed E-state index contributed by atoms with van der Waals surface area (Å²) in [4.78, 5) is 24.3. The predicted molar refractivity (Wildman–Crippen MR) is 78.6 cm³/mol. The van der Waals surface area contributed by atoms with Gasteiger partial charge in [0.2, 0.25) is 11.8 Å². The van der Waals surface area contributed by atoms with Crippen LogP contribution in [0.5, 0.6) is 0 Å². The second kappa shape index (κ2) is 7.02. The van der Waals surface area contributed by atoms with Gasteiger partial charge < -0.3 is 10.2 Å². The van der Waals surface area contributed by atoms with Crippen LogP contribution in [0, 0.1) is 5.92 Å². The highest BCUT2D eigenvalue weighted by molar-refractivity contribution is 5.89. The number of hydrogen-bond donors (Lipinski definition) is 1. The van der Waals surface area contributed by atoms with E-state index >= 15 is 0 Å². The van der Waals surface area contributed by atoms with Crippen LogP contribution in [0.3, 0.4) is 0 Å². The van der Waals surface area contributed by atoms with E-state index in [4.69, 9.17) is 0 Å². The van der Waals surface area contributed by atoms with Crippen molar-refractivity contribution in [2.45, 2.75) is 25.4 Å². The van der Waals surface area contributed by atoms with Gasteiger partial charge in [0.1, 0.15) is 6.54 Å². The van der Waals surface area contributed by atoms with Crippen LogP contribution in [-0.2, 0) is 9.59 Å². The molecule has 1 aromatic rings. The number of nitrogens with one attached hydrogen (secondary N) is 1. The first kappa shape index (κ1) is 17.3. The van der Waals surface area contributed by atoms with Crippen molar-refractivity contribution in [2.24, 2.45) is 5.92 Å². The number of amides is 2. The Morgan fingerprint density at radius 1 is 1.35 bits per heavy atom. The zero-order valence-electron chi connectivity index (χ0n) is 12.8. The number of benzene rings is 1. The summed E-state index contributed by atoms with van der Waals surface area (Å²) in [5.41, 5.74) is 1.06. The Kier molecular flexibility index (Phi) is 5.28. The molecule has 1 heterocycles. The van der Waals surface area contributed by atoms with Crippen molar-refractivity contribution in [3.8, 4) is 0 Å². The standard InChI is InChI=1S/C16H19F3N2O2/c1-11(12-5-3-2-4-6-12)8-20-15(23)13-7-14(22)21(9-13)10-16(17,18)19/h2-6,11,13H,7-10H2,1H3,(H,20,23). The van der Waals surface area contributed by atoms with Crippen LogP contribution in [0.2, 0.25) is 0 Å². The molecule has 1 fully saturated rings. The fourth-order valence-electron chi connectivity index (χ4n) is 2.61. The third-order valence-corrected chi connectivity index (χ3v) is 3.91. The van der Waals surface area contributed by atoms with Crippen LogP contribution in [0.15, 0.2) is 30.3 Å². The molecule has 0 radical (unpaired) electrons. The Morgan fingerprint density at radius 2 is 2.00 bits per heavy atom. The topological polar surface area (TPSA) is 49.4 Å². The van der Waals surface area contributed by atoms with E-state index in [2.05, 4.69) is 5.32 Å². The van der Waals surface area contributed by atoms with Crippen molar-refractivity contribution in [3.05, 3.63) is 35.9 Å². The molecule has 23 heavy (non-hydrogen) atoms. The Morgan fingerprint density at radius 3 is 2.61 bits per heavy atom. The number of alkyl halides is 3. The largest absolute Gasteiger partial charge is 0.406 e. The van der Waals surface area contributed by atoms with Gasteiger partial charge in [-0.3, -0.25) is 9.59 Å². The van der Waals surface area contributed by atoms with Crippen LogP contribution in [0.1, 0.15) is 24.8 Å². The minimum absolute atomic E-state index is 0.0866. The lowest BCUT2D eigenvalue weighted by Gasteiger charge is -2.18. The van der Waals surface area contributed by atoms with E-state index in [-0.39, 0.29) is 24.8 Å². The number of carbonyl (C=O) groups is 2. The predicted octanol–water partition coefficient (Wildman–Crippen LogP) is 2.32. The zero-order valence-corrected chi connectivity index (χ0v) is 12.8. The first-order valence-corrected chi connectivity index (χ1v) is 7.43. The maximum Gasteiger partial charge on any atom is 0.406 e. The molecule has 7 heteroatoms. The second-order valence-corrected chi connectivity index (χ2v) is 5.85. The SMILES string of the molecule is CC(CNC(=O)C1CC(=O)N(CC(F)(F)F)C1)c1ccccc1. The Bertz CT molecular complexity index is 560. The van der Waals surface area contributed by atoms with Crippen molar-refractivity contribution in [1.82, 2.24) is 10.2 Å². The molecule has 1 saturated heterocycles. The smallest absolute Gasteiger partial charge is 0.355 e. The third-order valence-electron chi connectivity index (χ3n) is 3.91. The molecule has 0 aromatic heterocycles. The van der Waals surface area contributed by atoms with E-state index in [1.54, 1.807) is 0 Å². The maximum atomic E-state index is 12.4. The molecule has 1 N–H and O–H groups in total. The van der Waals surface area contributed by atoms with Crippen LogP contribution < -0.4 is 5.32 Å². The van der Waals surface area contributed by atoms with E-state index in [9.17, 15) is 22.8 Å². The fraction of sp³-hybridized carbons (Fsp3) is 0.500. The number of rotatable bonds is 5. The molecule has 2 amide bonds. The minimum atomic E-state index is -4.44. The molecule has 1 aliphatic heterocycles. The molecule has 1 aliphatic rings. The molecule has 2 rings (SSSR count). The highest BCUT2D eigenvalue weighted by Gasteiger charge is 2.40. The quantitative estimate of drug-likeness (QED) is 0.902. The fourth-order valence-corrected chi connectivity index (χ4v) is 2.61. The van der Waals surface area contributed by atoms with Gasteiger partial charge in [0, 0.05) is 19.5 Å². The lowest BCUT2D eigenvalue weighted by atomic mass is 10.0. The Labute approximate surface area is 132 Å². The summed E-state index contributed by atoms with van der Waals surface area (Å²) in [5.74, 6) is -1.62. The molecule has 4 nitrogen and oxygen atoms in total. The van der Waals surface area contributed by atoms with Gasteiger partial charge in [-0.1, -0.05) is 37.3 Å². The molecule has 0 aliphatic carbocycles. The number of nitrogens with zero attached hydrogens (tertiary/aromatic N) is 1. The summed E-state index contributed by atoms with van der Waals surface area (Å²) >= 11 is 0. The second-order valence-electron chi connectivity index (χ2n) is 5.85. The maximum absolute atomic E-state index is 12.4. The van der Waals surface area contributed by atoms with Crippen LogP contribution in [-0.4, -0.2) is 42.5 Å². The molecule has 0 saturated carbocycles. The van der Waals surface area contributed by atoms with Crippen molar-refractivity contribution in [3.63, 3.8) is 0 Å². The van der Waals surface area contributed by atoms with Crippen molar-refractivity contribution < 1.29 is 22.8 Å². The highest BCUT2D eigenvalue weighted by Crippen LogP contribution is 2.24. The normalized spacial score (nSPS) is 19.7. The average molecular weight is 328 g/mol. The van der Waals surface area contributed by atoms with Gasteiger partial charge in [-0.25, -0.2) is 0 Å². The molecule has 2 unspecified atom stereocenters. The van der Waals surface area contributed by atoms with Crippen molar-refractivity contribution >= 4 is 11.8 Å². The first-order valence-electron chi connectivity index (χ1n) is 7.43. The molecule has 2 atom stereocenters. The minimum Gasteiger partial charge on any atom is -0.355 e. The van der Waals surface area contributed by atoms with E-state index in [0.29, 0.717) is 11.4 Å². The number of likely N-dealkylation sites (tertiary alicyclic amines) is 1. The molecule has 0 spiro atoms. The zero-order chi connectivity index (χ0) is 17.0. The van der Waals surface area contributed by atoms with E-state index < -0.39 is 24.5 Å². The van der Waals surface area contributed by atoms with E-state index in [1.807, 2.05) is 37.3 Å². The molecule has 126 valence electrons. The van der Waals surface area contributed by atoms with Gasteiger partial charge in [0.15, 0.2) is 0 Å². The summed E-state index contributed by atoms with van der Waals surface area (Å²) in [6.07, 6.45) is -4.61. The summed E-state index contributed by atoms with van der Waals surface area (Å²) < 4.78 is 37.1. The van der Waals surface area contributed by atoms with Gasteiger partial charge >= 0.3 is 6.18 Å². The van der Waals surface area contributed by atoms with Crippen LogP contribution >= 0.6 is 0 Å². The number of hydrogen-bond acceptors (Lipinski definition) is 2. The Balaban J connectivity index is 1.84. The van der Waals surface area contributed by atoms with Crippen LogP contribution in [0.25, 0.3) is 0 Å². The monoisotopic (exact) mass is 328 g/mol. The summed E-state index contributed by atoms with van der Waals surface area (Å²) in [5, 5.41) is 2.73. The van der Waals surface area contributed by atoms with E-state index in [0.717, 1.165) is 5.56 Å². The van der Waals surface area contributed by atoms with Crippen LogP contribution in [0.4, 0.5) is 13.2 Å². The number of halogens is 3. The number of carbonyl (C=O) groups excluding carboxylic acids is 2.